The Hall–Kier alpha value is -3.41. The molecule has 0 aliphatic rings. The first-order valence-electron chi connectivity index (χ1n) is 8.93. The van der Waals surface area contributed by atoms with Crippen LogP contribution < -0.4 is 19.5 Å². The summed E-state index contributed by atoms with van der Waals surface area (Å²) < 4.78 is 17.8. The predicted octanol–water partition coefficient (Wildman–Crippen LogP) is 4.13. The fraction of sp³-hybridized carbons (Fsp3) is 0.227. The first-order chi connectivity index (χ1) is 13.6. The van der Waals surface area contributed by atoms with Gasteiger partial charge in [0.25, 0.3) is 0 Å². The highest BCUT2D eigenvalue weighted by molar-refractivity contribution is 5.93. The number of aromatic nitrogens is 1. The topological polar surface area (TPSA) is 61.7 Å². The molecule has 146 valence electrons. The highest BCUT2D eigenvalue weighted by Crippen LogP contribution is 2.30. The fourth-order valence-corrected chi connectivity index (χ4v) is 3.07. The normalized spacial score (nSPS) is 11.5. The van der Waals surface area contributed by atoms with Crippen molar-refractivity contribution >= 4 is 11.6 Å². The first-order valence-corrected chi connectivity index (χ1v) is 8.93. The van der Waals surface area contributed by atoms with Crippen molar-refractivity contribution in [3.63, 3.8) is 0 Å². The molecule has 1 N–H and O–H groups in total. The number of nitrogens with one attached hydrogen (secondary N) is 1. The van der Waals surface area contributed by atoms with Crippen molar-refractivity contribution in [1.29, 1.82) is 0 Å². The molecule has 0 spiro atoms. The Morgan fingerprint density at radius 1 is 0.929 bits per heavy atom. The van der Waals surface area contributed by atoms with Gasteiger partial charge < -0.3 is 24.1 Å². The van der Waals surface area contributed by atoms with Crippen LogP contribution in [0.2, 0.25) is 0 Å². The zero-order chi connectivity index (χ0) is 19.9. The lowest BCUT2D eigenvalue weighted by Gasteiger charge is -2.20. The molecule has 28 heavy (non-hydrogen) atoms. The van der Waals surface area contributed by atoms with E-state index in [2.05, 4.69) is 5.32 Å². The molecule has 6 heteroatoms. The zero-order valence-electron chi connectivity index (χ0n) is 16.2. The van der Waals surface area contributed by atoms with Gasteiger partial charge in [-0.05, 0) is 42.0 Å². The summed E-state index contributed by atoms with van der Waals surface area (Å²) in [7, 11) is 4.78. The van der Waals surface area contributed by atoms with Crippen molar-refractivity contribution in [3.8, 4) is 17.2 Å². The second-order valence-electron chi connectivity index (χ2n) is 6.24. The lowest BCUT2D eigenvalue weighted by molar-refractivity contribution is -0.116. The van der Waals surface area contributed by atoms with Crippen molar-refractivity contribution in [2.75, 3.05) is 26.6 Å². The number of amides is 1. The summed E-state index contributed by atoms with van der Waals surface area (Å²) in [5.74, 6) is 1.88. The van der Waals surface area contributed by atoms with Gasteiger partial charge in [0.1, 0.15) is 17.2 Å². The summed E-state index contributed by atoms with van der Waals surface area (Å²) in [6.07, 6.45) is 4.17. The van der Waals surface area contributed by atoms with Gasteiger partial charge in [0.15, 0.2) is 0 Å². The molecule has 6 nitrogen and oxygen atoms in total. The molecule has 1 heterocycles. The molecule has 2 aromatic carbocycles. The number of carbonyl (C=O) groups is 1. The summed E-state index contributed by atoms with van der Waals surface area (Å²) in [5.41, 5.74) is 1.59. The van der Waals surface area contributed by atoms with E-state index < -0.39 is 0 Å². The molecule has 0 fully saturated rings. The molecule has 1 aromatic heterocycles. The summed E-state index contributed by atoms with van der Waals surface area (Å²) >= 11 is 0. The van der Waals surface area contributed by atoms with Crippen molar-refractivity contribution in [2.45, 2.75) is 12.5 Å². The predicted molar refractivity (Wildman–Crippen MR) is 108 cm³/mol. The number of rotatable bonds is 8. The smallest absolute Gasteiger partial charge is 0.226 e. The Morgan fingerprint density at radius 2 is 1.57 bits per heavy atom. The Kier molecular flexibility index (Phi) is 6.22. The van der Waals surface area contributed by atoms with Gasteiger partial charge in [0.05, 0.1) is 39.5 Å². The second kappa shape index (κ2) is 8.99. The van der Waals surface area contributed by atoms with Gasteiger partial charge in [0.2, 0.25) is 5.91 Å². The van der Waals surface area contributed by atoms with E-state index in [-0.39, 0.29) is 18.4 Å². The van der Waals surface area contributed by atoms with E-state index in [1.807, 2.05) is 53.4 Å². The summed E-state index contributed by atoms with van der Waals surface area (Å²) in [6, 6.07) is 16.8. The number of methoxy groups -OCH3 is 3. The van der Waals surface area contributed by atoms with Crippen LogP contribution in [0.3, 0.4) is 0 Å². The Morgan fingerprint density at radius 3 is 2.18 bits per heavy atom. The maximum Gasteiger partial charge on any atom is 0.226 e. The van der Waals surface area contributed by atoms with Gasteiger partial charge in [-0.3, -0.25) is 4.79 Å². The minimum atomic E-state index is -0.141. The molecule has 0 bridgehead atoms. The van der Waals surface area contributed by atoms with Gasteiger partial charge in [-0.1, -0.05) is 12.1 Å². The van der Waals surface area contributed by atoms with Crippen LogP contribution in [0, 0.1) is 0 Å². The molecule has 0 aliphatic heterocycles. The third-order valence-corrected chi connectivity index (χ3v) is 4.55. The SMILES string of the molecule is COc1ccc(C(CC(=O)Nc2cc(OC)ccc2OC)n2cccc2)cc1. The number of nitrogens with zero attached hydrogens (tertiary/aromatic N) is 1. The van der Waals surface area contributed by atoms with Crippen molar-refractivity contribution in [2.24, 2.45) is 0 Å². The maximum absolute atomic E-state index is 12.8. The van der Waals surface area contributed by atoms with Crippen LogP contribution in [0.5, 0.6) is 17.2 Å². The van der Waals surface area contributed by atoms with Crippen LogP contribution >= 0.6 is 0 Å². The monoisotopic (exact) mass is 380 g/mol. The van der Waals surface area contributed by atoms with Crippen LogP contribution in [0.1, 0.15) is 18.0 Å². The van der Waals surface area contributed by atoms with Gasteiger partial charge in [-0.25, -0.2) is 0 Å². The van der Waals surface area contributed by atoms with Gasteiger partial charge >= 0.3 is 0 Å². The molecule has 1 unspecified atom stereocenters. The molecule has 3 rings (SSSR count). The molecule has 0 saturated carbocycles. The lowest BCUT2D eigenvalue weighted by Crippen LogP contribution is -2.20. The van der Waals surface area contributed by atoms with Crippen molar-refractivity contribution < 1.29 is 19.0 Å². The largest absolute Gasteiger partial charge is 0.497 e. The number of hydrogen-bond acceptors (Lipinski definition) is 4. The highest BCUT2D eigenvalue weighted by atomic mass is 16.5. The molecule has 1 atom stereocenters. The van der Waals surface area contributed by atoms with Crippen LogP contribution in [-0.2, 0) is 4.79 Å². The number of ether oxygens (including phenoxy) is 3. The Labute approximate surface area is 164 Å². The Balaban J connectivity index is 1.82. The van der Waals surface area contributed by atoms with Crippen LogP contribution in [0.15, 0.2) is 67.0 Å². The van der Waals surface area contributed by atoms with E-state index in [9.17, 15) is 4.79 Å². The molecular formula is C22H24N2O4. The average molecular weight is 380 g/mol. The summed E-state index contributed by atoms with van der Waals surface area (Å²) in [5, 5.41) is 2.94. The van der Waals surface area contributed by atoms with E-state index in [1.165, 1.54) is 0 Å². The average Bonchev–Trinajstić information content (AvgIpc) is 3.26. The number of benzene rings is 2. The van der Waals surface area contributed by atoms with Crippen LogP contribution in [-0.4, -0.2) is 31.8 Å². The van der Waals surface area contributed by atoms with Gasteiger partial charge in [-0.2, -0.15) is 0 Å². The quantitative estimate of drug-likeness (QED) is 0.638. The first kappa shape index (κ1) is 19.4. The molecule has 0 radical (unpaired) electrons. The summed E-state index contributed by atoms with van der Waals surface area (Å²) in [6.45, 7) is 0. The fourth-order valence-electron chi connectivity index (χ4n) is 3.07. The molecule has 0 aliphatic carbocycles. The van der Waals surface area contributed by atoms with E-state index in [0.717, 1.165) is 11.3 Å². The van der Waals surface area contributed by atoms with Crippen molar-refractivity contribution in [1.82, 2.24) is 4.57 Å². The van der Waals surface area contributed by atoms with Crippen LogP contribution in [0.4, 0.5) is 5.69 Å². The summed E-state index contributed by atoms with van der Waals surface area (Å²) in [4.78, 5) is 12.8. The number of carbonyl (C=O) groups excluding carboxylic acids is 1. The molecule has 3 aromatic rings. The Bertz CT molecular complexity index is 905. The van der Waals surface area contributed by atoms with E-state index in [0.29, 0.717) is 17.2 Å². The highest BCUT2D eigenvalue weighted by Gasteiger charge is 2.19. The number of hydrogen-bond donors (Lipinski definition) is 1. The standard InChI is InChI=1S/C22H24N2O4/c1-26-17-8-6-16(7-9-17)20(24-12-4-5-13-24)15-22(25)23-19-14-18(27-2)10-11-21(19)28-3/h4-14,20H,15H2,1-3H3,(H,23,25). The van der Waals surface area contributed by atoms with Crippen molar-refractivity contribution in [3.05, 3.63) is 72.6 Å². The molecule has 0 saturated heterocycles. The minimum Gasteiger partial charge on any atom is -0.497 e. The van der Waals surface area contributed by atoms with E-state index >= 15 is 0 Å². The second-order valence-corrected chi connectivity index (χ2v) is 6.24. The van der Waals surface area contributed by atoms with E-state index in [4.69, 9.17) is 14.2 Å². The molecular weight excluding hydrogens is 356 g/mol. The number of anilines is 1. The van der Waals surface area contributed by atoms with Crippen LogP contribution in [0.25, 0.3) is 0 Å². The third kappa shape index (κ3) is 4.46. The molecule has 1 amide bonds. The third-order valence-electron chi connectivity index (χ3n) is 4.55. The maximum atomic E-state index is 12.8. The lowest BCUT2D eigenvalue weighted by atomic mass is 10.0. The zero-order valence-corrected chi connectivity index (χ0v) is 16.2. The van der Waals surface area contributed by atoms with Gasteiger partial charge in [0, 0.05) is 18.5 Å². The van der Waals surface area contributed by atoms with Gasteiger partial charge in [-0.15, -0.1) is 0 Å². The minimum absolute atomic E-state index is 0.124. The van der Waals surface area contributed by atoms with E-state index in [1.54, 1.807) is 39.5 Å².